The fourth-order valence-corrected chi connectivity index (χ4v) is 1.89. The van der Waals surface area contributed by atoms with Crippen molar-refractivity contribution in [3.63, 3.8) is 0 Å². The van der Waals surface area contributed by atoms with E-state index >= 15 is 0 Å². The van der Waals surface area contributed by atoms with Gasteiger partial charge in [-0.3, -0.25) is 0 Å². The van der Waals surface area contributed by atoms with Gasteiger partial charge in [-0.15, -0.1) is 0 Å². The highest BCUT2D eigenvalue weighted by Crippen LogP contribution is 2.25. The highest BCUT2D eigenvalue weighted by Gasteiger charge is 2.27. The lowest BCUT2D eigenvalue weighted by Crippen LogP contribution is -2.42. The van der Waals surface area contributed by atoms with Crippen molar-refractivity contribution in [1.29, 1.82) is 5.26 Å². The molecule has 2 heterocycles. The van der Waals surface area contributed by atoms with Gasteiger partial charge in [-0.1, -0.05) is 0 Å². The second-order valence-corrected chi connectivity index (χ2v) is 4.50. The molecule has 0 unspecified atom stereocenters. The first kappa shape index (κ1) is 10.9. The van der Waals surface area contributed by atoms with Crippen molar-refractivity contribution in [2.45, 2.75) is 25.4 Å². The first-order valence-corrected chi connectivity index (χ1v) is 5.44. The van der Waals surface area contributed by atoms with E-state index in [0.29, 0.717) is 5.69 Å². The number of hydrogen-bond acceptors (Lipinski definition) is 4. The zero-order valence-electron chi connectivity index (χ0n) is 9.35. The molecule has 0 aromatic carbocycles. The number of anilines is 1. The maximum atomic E-state index is 9.84. The first-order valence-electron chi connectivity index (χ1n) is 5.44. The van der Waals surface area contributed by atoms with E-state index in [1.54, 1.807) is 12.3 Å². The van der Waals surface area contributed by atoms with Crippen LogP contribution in [0.2, 0.25) is 0 Å². The third-order valence-corrected chi connectivity index (χ3v) is 3.07. The van der Waals surface area contributed by atoms with Gasteiger partial charge in [-0.2, -0.15) is 5.26 Å². The van der Waals surface area contributed by atoms with Gasteiger partial charge in [0.05, 0.1) is 17.5 Å². The van der Waals surface area contributed by atoms with Crippen molar-refractivity contribution in [3.05, 3.63) is 24.0 Å². The molecular weight excluding hydrogens is 202 g/mol. The molecule has 0 saturated carbocycles. The van der Waals surface area contributed by atoms with E-state index in [2.05, 4.69) is 9.88 Å². The molecule has 0 spiro atoms. The molecule has 0 bridgehead atoms. The number of aliphatic hydroxyl groups is 1. The van der Waals surface area contributed by atoms with Crippen LogP contribution in [0.1, 0.15) is 25.5 Å². The Bertz CT molecular complexity index is 395. The summed E-state index contributed by atoms with van der Waals surface area (Å²) in [6.45, 7) is 3.54. The summed E-state index contributed by atoms with van der Waals surface area (Å²) in [5, 5.41) is 18.5. The van der Waals surface area contributed by atoms with E-state index in [1.807, 2.05) is 19.1 Å². The molecular formula is C12H15N3O. The molecule has 0 amide bonds. The van der Waals surface area contributed by atoms with E-state index in [-0.39, 0.29) is 0 Å². The van der Waals surface area contributed by atoms with E-state index in [9.17, 15) is 5.11 Å². The van der Waals surface area contributed by atoms with Crippen LogP contribution in [-0.2, 0) is 0 Å². The number of hydrogen-bond donors (Lipinski definition) is 1. The van der Waals surface area contributed by atoms with Crippen LogP contribution in [0.25, 0.3) is 0 Å². The van der Waals surface area contributed by atoms with Crippen molar-refractivity contribution in [2.24, 2.45) is 0 Å². The summed E-state index contributed by atoms with van der Waals surface area (Å²) in [6, 6.07) is 5.63. The van der Waals surface area contributed by atoms with Crippen molar-refractivity contribution < 1.29 is 5.11 Å². The number of nitriles is 1. The minimum atomic E-state index is -0.531. The van der Waals surface area contributed by atoms with Crippen molar-refractivity contribution in [2.75, 3.05) is 18.0 Å². The van der Waals surface area contributed by atoms with Gasteiger partial charge >= 0.3 is 0 Å². The molecule has 1 aliphatic rings. The third kappa shape index (κ3) is 2.31. The second-order valence-electron chi connectivity index (χ2n) is 4.50. The Morgan fingerprint density at radius 2 is 2.12 bits per heavy atom. The minimum Gasteiger partial charge on any atom is -0.390 e. The Kier molecular flexibility index (Phi) is 2.80. The van der Waals surface area contributed by atoms with Crippen LogP contribution < -0.4 is 4.90 Å². The van der Waals surface area contributed by atoms with Crippen LogP contribution in [0.15, 0.2) is 18.3 Å². The Balaban J connectivity index is 2.06. The summed E-state index contributed by atoms with van der Waals surface area (Å²) in [4.78, 5) is 6.23. The molecule has 2 rings (SSSR count). The summed E-state index contributed by atoms with van der Waals surface area (Å²) >= 11 is 0. The molecule has 0 aliphatic carbocycles. The number of pyridine rings is 1. The van der Waals surface area contributed by atoms with Gasteiger partial charge in [-0.25, -0.2) is 4.98 Å². The van der Waals surface area contributed by atoms with Gasteiger partial charge in [0.15, 0.2) is 0 Å². The Hall–Kier alpha value is -1.60. The largest absolute Gasteiger partial charge is 0.390 e. The first-order chi connectivity index (χ1) is 7.61. The summed E-state index contributed by atoms with van der Waals surface area (Å²) < 4.78 is 0. The van der Waals surface area contributed by atoms with Crippen LogP contribution >= 0.6 is 0 Å². The van der Waals surface area contributed by atoms with Gasteiger partial charge in [0.25, 0.3) is 0 Å². The number of piperidine rings is 1. The zero-order valence-corrected chi connectivity index (χ0v) is 9.35. The predicted molar refractivity (Wildman–Crippen MR) is 61.0 cm³/mol. The quantitative estimate of drug-likeness (QED) is 0.770. The maximum absolute atomic E-state index is 9.84. The Labute approximate surface area is 95.1 Å². The van der Waals surface area contributed by atoms with E-state index < -0.39 is 5.60 Å². The molecule has 4 heteroatoms. The van der Waals surface area contributed by atoms with Crippen molar-refractivity contribution in [3.8, 4) is 6.07 Å². The monoisotopic (exact) mass is 217 g/mol. The highest BCUT2D eigenvalue weighted by molar-refractivity contribution is 5.46. The maximum Gasteiger partial charge on any atom is 0.140 e. The molecule has 1 fully saturated rings. The molecule has 16 heavy (non-hydrogen) atoms. The second kappa shape index (κ2) is 4.11. The molecule has 84 valence electrons. The van der Waals surface area contributed by atoms with Gasteiger partial charge in [0, 0.05) is 13.1 Å². The van der Waals surface area contributed by atoms with Crippen molar-refractivity contribution in [1.82, 2.24) is 4.98 Å². The summed E-state index contributed by atoms with van der Waals surface area (Å²) in [6.07, 6.45) is 3.26. The average molecular weight is 217 g/mol. The van der Waals surface area contributed by atoms with Crippen LogP contribution in [0.3, 0.4) is 0 Å². The fourth-order valence-electron chi connectivity index (χ4n) is 1.89. The number of aromatic nitrogens is 1. The topological polar surface area (TPSA) is 60.1 Å². The van der Waals surface area contributed by atoms with E-state index in [1.165, 1.54) is 0 Å². The summed E-state index contributed by atoms with van der Waals surface area (Å²) in [7, 11) is 0. The Morgan fingerprint density at radius 3 is 2.62 bits per heavy atom. The normalized spacial score (nSPS) is 19.2. The Morgan fingerprint density at radius 1 is 1.44 bits per heavy atom. The van der Waals surface area contributed by atoms with Crippen LogP contribution in [0, 0.1) is 11.3 Å². The van der Waals surface area contributed by atoms with Crippen molar-refractivity contribution >= 4 is 5.69 Å². The average Bonchev–Trinajstić information content (AvgIpc) is 2.29. The van der Waals surface area contributed by atoms with E-state index in [4.69, 9.17) is 5.26 Å². The molecule has 1 saturated heterocycles. The predicted octanol–water partition coefficient (Wildman–Crippen LogP) is 1.30. The molecule has 4 nitrogen and oxygen atoms in total. The molecule has 1 N–H and O–H groups in total. The summed E-state index contributed by atoms with van der Waals surface area (Å²) in [5.74, 6) is 0. The van der Waals surface area contributed by atoms with E-state index in [0.717, 1.165) is 31.6 Å². The SMILES string of the molecule is CC1(O)CCN(c2ccc(C#N)nc2)CC1. The van der Waals surface area contributed by atoms with Gasteiger partial charge < -0.3 is 10.0 Å². The third-order valence-electron chi connectivity index (χ3n) is 3.07. The highest BCUT2D eigenvalue weighted by atomic mass is 16.3. The van der Waals surface area contributed by atoms with Crippen LogP contribution in [0.5, 0.6) is 0 Å². The van der Waals surface area contributed by atoms with Gasteiger partial charge in [0.1, 0.15) is 11.8 Å². The lowest BCUT2D eigenvalue weighted by Gasteiger charge is -2.36. The standard InChI is InChI=1S/C12H15N3O/c1-12(16)4-6-15(7-5-12)11-3-2-10(8-13)14-9-11/h2-3,9,16H,4-7H2,1H3. The number of rotatable bonds is 1. The molecule has 0 radical (unpaired) electrons. The molecule has 1 aromatic rings. The van der Waals surface area contributed by atoms with Crippen LogP contribution in [-0.4, -0.2) is 28.8 Å². The number of nitrogens with zero attached hydrogens (tertiary/aromatic N) is 3. The van der Waals surface area contributed by atoms with Crippen LogP contribution in [0.4, 0.5) is 5.69 Å². The fraction of sp³-hybridized carbons (Fsp3) is 0.500. The summed E-state index contributed by atoms with van der Waals surface area (Å²) in [5.41, 5.74) is 0.929. The zero-order chi connectivity index (χ0) is 11.6. The molecule has 0 atom stereocenters. The van der Waals surface area contributed by atoms with Gasteiger partial charge in [-0.05, 0) is 31.9 Å². The minimum absolute atomic E-state index is 0.438. The van der Waals surface area contributed by atoms with Gasteiger partial charge in [0.2, 0.25) is 0 Å². The smallest absolute Gasteiger partial charge is 0.140 e. The molecule has 1 aliphatic heterocycles. The molecule has 1 aromatic heterocycles. The lowest BCUT2D eigenvalue weighted by molar-refractivity contribution is 0.0351. The lowest BCUT2D eigenvalue weighted by atomic mass is 9.94.